The first kappa shape index (κ1) is 8.72. The van der Waals surface area contributed by atoms with Crippen LogP contribution >= 0.6 is 0 Å². The van der Waals surface area contributed by atoms with E-state index >= 15 is 0 Å². The molecule has 11 heavy (non-hydrogen) atoms. The van der Waals surface area contributed by atoms with Crippen LogP contribution in [0.15, 0.2) is 36.4 Å². The molecule has 0 aliphatic carbocycles. The second-order valence-corrected chi connectivity index (χ2v) is 2.13. The molecule has 2 heteroatoms. The number of fused-ring (bicyclic) bond motifs is 1. The Labute approximate surface area is 87.7 Å². The van der Waals surface area contributed by atoms with Gasteiger partial charge in [0.1, 0.15) is 0 Å². The van der Waals surface area contributed by atoms with E-state index in [4.69, 9.17) is 0 Å². The van der Waals surface area contributed by atoms with Crippen LogP contribution in [0.5, 0.6) is 0 Å². The molecule has 0 saturated heterocycles. The molecule has 0 bridgehead atoms. The van der Waals surface area contributed by atoms with E-state index in [1.807, 2.05) is 36.4 Å². The Bertz CT molecular complexity index is 281. The molecule has 0 spiro atoms. The van der Waals surface area contributed by atoms with Crippen molar-refractivity contribution in [1.29, 1.82) is 0 Å². The minimum Gasteiger partial charge on any atom is -0.386 e. The Hall–Kier alpha value is -0.370. The number of rotatable bonds is 0. The van der Waals surface area contributed by atoms with E-state index in [0.717, 1.165) is 5.52 Å². The first-order valence-corrected chi connectivity index (χ1v) is 3.19. The van der Waals surface area contributed by atoms with Crippen LogP contribution in [0.25, 0.3) is 10.9 Å². The number of nitrogens with zero attached hydrogens (tertiary/aromatic N) is 1. The van der Waals surface area contributed by atoms with Crippen molar-refractivity contribution in [3.63, 3.8) is 0 Å². The van der Waals surface area contributed by atoms with E-state index in [2.05, 4.69) is 11.2 Å². The van der Waals surface area contributed by atoms with Crippen LogP contribution in [-0.4, -0.2) is 4.98 Å². The van der Waals surface area contributed by atoms with Crippen molar-refractivity contribution < 1.29 is 29.6 Å². The van der Waals surface area contributed by atoms with E-state index in [9.17, 15) is 0 Å². The smallest absolute Gasteiger partial charge is 0.386 e. The van der Waals surface area contributed by atoms with Gasteiger partial charge >= 0.3 is 29.6 Å². The summed E-state index contributed by atoms with van der Waals surface area (Å²) in [5, 5.41) is 1.17. The SMILES string of the molecule is [Na+].[c-]1ccc2ccccc2n1. The maximum absolute atomic E-state index is 4.06. The van der Waals surface area contributed by atoms with Gasteiger partial charge in [-0.25, -0.2) is 0 Å². The Kier molecular flexibility index (Phi) is 3.06. The molecule has 1 nitrogen and oxygen atoms in total. The zero-order chi connectivity index (χ0) is 6.81. The van der Waals surface area contributed by atoms with E-state index in [-0.39, 0.29) is 29.6 Å². The quantitative estimate of drug-likeness (QED) is 0.349. The van der Waals surface area contributed by atoms with Crippen LogP contribution in [0.1, 0.15) is 0 Å². The molecule has 0 amide bonds. The van der Waals surface area contributed by atoms with Crippen LogP contribution in [0, 0.1) is 6.20 Å². The van der Waals surface area contributed by atoms with Crippen molar-refractivity contribution in [3.8, 4) is 0 Å². The molecule has 0 saturated carbocycles. The van der Waals surface area contributed by atoms with Crippen molar-refractivity contribution >= 4 is 10.9 Å². The topological polar surface area (TPSA) is 12.9 Å². The number of benzene rings is 1. The predicted octanol–water partition coefficient (Wildman–Crippen LogP) is -0.961. The van der Waals surface area contributed by atoms with Gasteiger partial charge in [0.2, 0.25) is 0 Å². The summed E-state index contributed by atoms with van der Waals surface area (Å²) in [6.07, 6.45) is 2.79. The summed E-state index contributed by atoms with van der Waals surface area (Å²) in [6.45, 7) is 0. The summed E-state index contributed by atoms with van der Waals surface area (Å²) in [7, 11) is 0. The largest absolute Gasteiger partial charge is 1.00 e. The zero-order valence-corrected chi connectivity index (χ0v) is 8.41. The van der Waals surface area contributed by atoms with Gasteiger partial charge in [0.15, 0.2) is 0 Å². The molecule has 0 unspecified atom stereocenters. The molecule has 2 aromatic rings. The standard InChI is InChI=1S/C9H6N.Na/c1-2-6-9-8(4-1)5-3-7-10-9;/h1-6H;/q-1;+1. The van der Waals surface area contributed by atoms with Crippen molar-refractivity contribution in [2.75, 3.05) is 0 Å². The molecule has 0 N–H and O–H groups in total. The third kappa shape index (κ3) is 1.80. The number of para-hydroxylation sites is 1. The van der Waals surface area contributed by atoms with Crippen LogP contribution in [0.3, 0.4) is 0 Å². The molecule has 1 aromatic carbocycles. The van der Waals surface area contributed by atoms with E-state index in [0.29, 0.717) is 0 Å². The van der Waals surface area contributed by atoms with Gasteiger partial charge in [0.25, 0.3) is 0 Å². The molecular formula is C9H6NNa. The zero-order valence-electron chi connectivity index (χ0n) is 6.41. The number of aromatic nitrogens is 1. The molecule has 48 valence electrons. The maximum Gasteiger partial charge on any atom is 1.00 e. The van der Waals surface area contributed by atoms with Crippen LogP contribution in [0.4, 0.5) is 0 Å². The van der Waals surface area contributed by atoms with Gasteiger partial charge in [-0.3, -0.25) is 0 Å². The molecule has 2 rings (SSSR count). The van der Waals surface area contributed by atoms with E-state index in [1.54, 1.807) is 0 Å². The summed E-state index contributed by atoms with van der Waals surface area (Å²) in [5.74, 6) is 0. The van der Waals surface area contributed by atoms with Gasteiger partial charge in [-0.05, 0) is 5.52 Å². The summed E-state index contributed by atoms with van der Waals surface area (Å²) in [6, 6.07) is 11.8. The molecule has 0 aliphatic rings. The van der Waals surface area contributed by atoms with Crippen molar-refractivity contribution in [2.45, 2.75) is 0 Å². The van der Waals surface area contributed by atoms with Crippen LogP contribution in [0.2, 0.25) is 0 Å². The second-order valence-electron chi connectivity index (χ2n) is 2.13. The first-order valence-electron chi connectivity index (χ1n) is 3.19. The van der Waals surface area contributed by atoms with Gasteiger partial charge in [-0.2, -0.15) is 12.1 Å². The van der Waals surface area contributed by atoms with Crippen molar-refractivity contribution in [2.24, 2.45) is 0 Å². The number of pyridine rings is 1. The van der Waals surface area contributed by atoms with E-state index < -0.39 is 0 Å². The molecule has 0 atom stereocenters. The Morgan fingerprint density at radius 3 is 2.73 bits per heavy atom. The van der Waals surface area contributed by atoms with Crippen molar-refractivity contribution in [3.05, 3.63) is 42.6 Å². The monoisotopic (exact) mass is 151 g/mol. The molecular weight excluding hydrogens is 145 g/mol. The first-order chi connectivity index (χ1) is 4.97. The second kappa shape index (κ2) is 3.86. The van der Waals surface area contributed by atoms with E-state index in [1.165, 1.54) is 5.39 Å². The Morgan fingerprint density at radius 2 is 1.91 bits per heavy atom. The fraction of sp³-hybridized carbons (Fsp3) is 0. The third-order valence-electron chi connectivity index (χ3n) is 1.46. The van der Waals surface area contributed by atoms with Gasteiger partial charge < -0.3 is 4.98 Å². The molecule has 0 fully saturated rings. The Morgan fingerprint density at radius 1 is 1.09 bits per heavy atom. The maximum atomic E-state index is 4.06. The van der Waals surface area contributed by atoms with Crippen molar-refractivity contribution in [1.82, 2.24) is 4.98 Å². The van der Waals surface area contributed by atoms with Gasteiger partial charge in [-0.15, -0.1) is 5.39 Å². The summed E-state index contributed by atoms with van der Waals surface area (Å²) in [4.78, 5) is 4.06. The average molecular weight is 151 g/mol. The summed E-state index contributed by atoms with van der Waals surface area (Å²) in [5.41, 5.74) is 1.00. The fourth-order valence-electron chi connectivity index (χ4n) is 0.964. The minimum absolute atomic E-state index is 0. The van der Waals surface area contributed by atoms with Gasteiger partial charge in [-0.1, -0.05) is 30.5 Å². The van der Waals surface area contributed by atoms with Crippen LogP contribution < -0.4 is 29.6 Å². The minimum atomic E-state index is 0. The summed E-state index contributed by atoms with van der Waals surface area (Å²) >= 11 is 0. The average Bonchev–Trinajstić information content (AvgIpc) is 2.05. The van der Waals surface area contributed by atoms with Gasteiger partial charge in [0.05, 0.1) is 0 Å². The van der Waals surface area contributed by atoms with Gasteiger partial charge in [0, 0.05) is 0 Å². The number of hydrogen-bond acceptors (Lipinski definition) is 1. The normalized spacial score (nSPS) is 9.09. The molecule has 1 heterocycles. The predicted molar refractivity (Wildman–Crippen MR) is 40.6 cm³/mol. The molecule has 0 radical (unpaired) electrons. The molecule has 1 aromatic heterocycles. The number of hydrogen-bond donors (Lipinski definition) is 0. The third-order valence-corrected chi connectivity index (χ3v) is 1.46. The Balaban J connectivity index is 0.000000605. The fourth-order valence-corrected chi connectivity index (χ4v) is 0.964. The summed E-state index contributed by atoms with van der Waals surface area (Å²) < 4.78 is 0. The van der Waals surface area contributed by atoms with Crippen LogP contribution in [-0.2, 0) is 0 Å². The molecule has 0 aliphatic heterocycles.